The zero-order valence-corrected chi connectivity index (χ0v) is 15.7. The van der Waals surface area contributed by atoms with E-state index in [0.29, 0.717) is 11.8 Å². The average molecular weight is 352 g/mol. The van der Waals surface area contributed by atoms with Crippen LogP contribution in [0.4, 0.5) is 4.79 Å². The highest BCUT2D eigenvalue weighted by Crippen LogP contribution is 2.56. The van der Waals surface area contributed by atoms with E-state index < -0.39 is 5.54 Å². The predicted molar refractivity (Wildman–Crippen MR) is 99.2 cm³/mol. The lowest BCUT2D eigenvalue weighted by molar-refractivity contribution is -0.141. The highest BCUT2D eigenvalue weighted by molar-refractivity contribution is 6.08. The summed E-state index contributed by atoms with van der Waals surface area (Å²) in [6, 6.07) is 9.73. The summed E-state index contributed by atoms with van der Waals surface area (Å²) in [6.07, 6.45) is 6.19. The number of carbonyl (C=O) groups is 2. The lowest BCUT2D eigenvalue weighted by Gasteiger charge is -2.56. The van der Waals surface area contributed by atoms with Gasteiger partial charge in [0.25, 0.3) is 5.91 Å². The van der Waals surface area contributed by atoms with Gasteiger partial charge in [-0.25, -0.2) is 4.79 Å². The van der Waals surface area contributed by atoms with Gasteiger partial charge in [0.05, 0.1) is 0 Å². The largest absolute Gasteiger partial charge is 0.325 e. The molecule has 138 valence electrons. The number of imide groups is 1. The molecule has 1 aromatic carbocycles. The van der Waals surface area contributed by atoms with E-state index >= 15 is 0 Å². The van der Waals surface area contributed by atoms with Gasteiger partial charge in [-0.2, -0.15) is 0 Å². The smallest absolute Gasteiger partial charge is 0.319 e. The van der Waals surface area contributed by atoms with Gasteiger partial charge in [-0.15, -0.1) is 0 Å². The van der Waals surface area contributed by atoms with Gasteiger partial charge in [0.15, 0.2) is 0 Å². The Kier molecular flexibility index (Phi) is 3.51. The second kappa shape index (κ2) is 5.58. The minimum atomic E-state index is -0.924. The van der Waals surface area contributed by atoms with Crippen LogP contribution in [-0.4, -0.2) is 22.9 Å². The molecule has 4 heteroatoms. The normalized spacial score (nSPS) is 41.2. The molecule has 0 spiro atoms. The number of carbonyl (C=O) groups excluding carboxylic acids is 2. The van der Waals surface area contributed by atoms with Crippen LogP contribution in [0, 0.1) is 29.6 Å². The van der Waals surface area contributed by atoms with Crippen molar-refractivity contribution in [3.05, 3.63) is 35.9 Å². The topological polar surface area (TPSA) is 49.4 Å². The molecule has 0 aromatic heterocycles. The van der Waals surface area contributed by atoms with Crippen LogP contribution < -0.4 is 5.32 Å². The molecule has 1 N–H and O–H groups in total. The quantitative estimate of drug-likeness (QED) is 0.839. The first-order valence-corrected chi connectivity index (χ1v) is 10.2. The van der Waals surface area contributed by atoms with E-state index in [9.17, 15) is 9.59 Å². The van der Waals surface area contributed by atoms with Crippen LogP contribution in [0.25, 0.3) is 0 Å². The Morgan fingerprint density at radius 1 is 0.962 bits per heavy atom. The fourth-order valence-corrected chi connectivity index (χ4v) is 6.77. The van der Waals surface area contributed by atoms with Crippen LogP contribution >= 0.6 is 0 Å². The molecule has 1 aliphatic heterocycles. The van der Waals surface area contributed by atoms with Gasteiger partial charge >= 0.3 is 6.03 Å². The van der Waals surface area contributed by atoms with E-state index in [0.717, 1.165) is 17.4 Å². The minimum absolute atomic E-state index is 0.00295. The Bertz CT molecular complexity index is 716. The molecule has 4 saturated carbocycles. The molecule has 0 radical (unpaired) electrons. The van der Waals surface area contributed by atoms with E-state index in [1.807, 2.05) is 44.2 Å². The Balaban J connectivity index is 1.54. The van der Waals surface area contributed by atoms with Crippen molar-refractivity contribution in [2.75, 3.05) is 0 Å². The van der Waals surface area contributed by atoms with E-state index in [1.54, 1.807) is 4.90 Å². The van der Waals surface area contributed by atoms with Crippen molar-refractivity contribution in [2.24, 2.45) is 29.6 Å². The standard InChI is InChI=1S/C22H28N2O2/c1-13(2)22(18-6-4-3-5-7-18)20(25)24(21(26)23-22)19-16-9-14-8-15(11-16)12-17(19)10-14/h3-7,13-17,19H,8-12H2,1-2H3,(H,23,26). The second-order valence-electron chi connectivity index (χ2n) is 9.36. The van der Waals surface area contributed by atoms with Crippen molar-refractivity contribution >= 4 is 11.9 Å². The monoisotopic (exact) mass is 352 g/mol. The molecule has 26 heavy (non-hydrogen) atoms. The summed E-state index contributed by atoms with van der Waals surface area (Å²) in [5.41, 5.74) is -0.0211. The molecular formula is C22H28N2O2. The third-order valence-electron chi connectivity index (χ3n) is 7.65. The maximum atomic E-state index is 13.7. The number of hydrogen-bond acceptors (Lipinski definition) is 2. The number of nitrogens with zero attached hydrogens (tertiary/aromatic N) is 1. The van der Waals surface area contributed by atoms with Gasteiger partial charge in [-0.05, 0) is 67.3 Å². The van der Waals surface area contributed by atoms with Crippen LogP contribution in [0.1, 0.15) is 51.5 Å². The summed E-state index contributed by atoms with van der Waals surface area (Å²) in [4.78, 5) is 28.5. The SMILES string of the molecule is CC(C)C1(c2ccccc2)NC(=O)N(C2C3CC4CC(C3)CC2C4)C1=O. The summed E-state index contributed by atoms with van der Waals surface area (Å²) in [7, 11) is 0. The Morgan fingerprint density at radius 3 is 2.08 bits per heavy atom. The van der Waals surface area contributed by atoms with Crippen molar-refractivity contribution in [3.8, 4) is 0 Å². The maximum Gasteiger partial charge on any atom is 0.325 e. The van der Waals surface area contributed by atoms with E-state index in [2.05, 4.69) is 5.32 Å². The summed E-state index contributed by atoms with van der Waals surface area (Å²) >= 11 is 0. The summed E-state index contributed by atoms with van der Waals surface area (Å²) in [5, 5.41) is 3.13. The first-order valence-electron chi connectivity index (χ1n) is 10.2. The van der Waals surface area contributed by atoms with Crippen molar-refractivity contribution in [1.82, 2.24) is 10.2 Å². The van der Waals surface area contributed by atoms with Crippen molar-refractivity contribution in [2.45, 2.75) is 57.5 Å². The fraction of sp³-hybridized carbons (Fsp3) is 0.636. The molecule has 3 amide bonds. The third kappa shape index (κ3) is 2.07. The lowest BCUT2D eigenvalue weighted by atomic mass is 9.54. The van der Waals surface area contributed by atoms with Crippen LogP contribution in [0.2, 0.25) is 0 Å². The van der Waals surface area contributed by atoms with Crippen LogP contribution in [0.3, 0.4) is 0 Å². The average Bonchev–Trinajstić information content (AvgIpc) is 2.87. The number of amides is 3. The lowest BCUT2D eigenvalue weighted by Crippen LogP contribution is -2.58. The first kappa shape index (κ1) is 16.3. The fourth-order valence-electron chi connectivity index (χ4n) is 6.77. The zero-order valence-electron chi connectivity index (χ0n) is 15.7. The summed E-state index contributed by atoms with van der Waals surface area (Å²) in [5.74, 6) is 2.67. The Labute approximate surface area is 155 Å². The zero-order chi connectivity index (χ0) is 18.1. The van der Waals surface area contributed by atoms with Gasteiger partial charge in [0.1, 0.15) is 5.54 Å². The first-order chi connectivity index (χ1) is 12.5. The molecule has 6 rings (SSSR count). The third-order valence-corrected chi connectivity index (χ3v) is 7.65. The van der Waals surface area contributed by atoms with E-state index in [4.69, 9.17) is 0 Å². The summed E-state index contributed by atoms with van der Waals surface area (Å²) in [6.45, 7) is 4.07. The van der Waals surface area contributed by atoms with Crippen molar-refractivity contribution < 1.29 is 9.59 Å². The highest BCUT2D eigenvalue weighted by atomic mass is 16.2. The highest BCUT2D eigenvalue weighted by Gasteiger charge is 2.60. The Hall–Kier alpha value is -1.84. The molecule has 1 heterocycles. The van der Waals surface area contributed by atoms with Crippen molar-refractivity contribution in [3.63, 3.8) is 0 Å². The molecule has 4 bridgehead atoms. The number of hydrogen-bond donors (Lipinski definition) is 1. The molecule has 5 fully saturated rings. The van der Waals surface area contributed by atoms with E-state index in [-0.39, 0.29) is 23.9 Å². The predicted octanol–water partition coefficient (Wildman–Crippen LogP) is 3.91. The van der Waals surface area contributed by atoms with Gasteiger partial charge in [-0.3, -0.25) is 9.69 Å². The van der Waals surface area contributed by atoms with Gasteiger partial charge < -0.3 is 5.32 Å². The number of rotatable bonds is 3. The molecule has 1 atom stereocenters. The van der Waals surface area contributed by atoms with Gasteiger partial charge in [-0.1, -0.05) is 44.2 Å². The number of nitrogens with one attached hydrogen (secondary N) is 1. The van der Waals surface area contributed by atoms with Gasteiger partial charge in [0.2, 0.25) is 0 Å². The van der Waals surface area contributed by atoms with E-state index in [1.165, 1.54) is 32.1 Å². The van der Waals surface area contributed by atoms with Crippen molar-refractivity contribution in [1.29, 1.82) is 0 Å². The van der Waals surface area contributed by atoms with Crippen LogP contribution in [0.5, 0.6) is 0 Å². The molecule has 5 aliphatic rings. The molecular weight excluding hydrogens is 324 g/mol. The van der Waals surface area contributed by atoms with Crippen LogP contribution in [-0.2, 0) is 10.3 Å². The Morgan fingerprint density at radius 2 is 1.54 bits per heavy atom. The minimum Gasteiger partial charge on any atom is -0.319 e. The molecule has 4 nitrogen and oxygen atoms in total. The number of benzene rings is 1. The summed E-state index contributed by atoms with van der Waals surface area (Å²) < 4.78 is 0. The molecule has 1 saturated heterocycles. The second-order valence-corrected chi connectivity index (χ2v) is 9.36. The molecule has 1 unspecified atom stereocenters. The maximum absolute atomic E-state index is 13.7. The van der Waals surface area contributed by atoms with Gasteiger partial charge in [0, 0.05) is 6.04 Å². The molecule has 4 aliphatic carbocycles. The van der Waals surface area contributed by atoms with Crippen LogP contribution in [0.15, 0.2) is 30.3 Å². The number of urea groups is 1. The molecule has 1 aromatic rings.